The van der Waals surface area contributed by atoms with Crippen LogP contribution in [0.15, 0.2) is 48.0 Å². The number of anilines is 3. The first-order valence-corrected chi connectivity index (χ1v) is 12.3. The predicted octanol–water partition coefficient (Wildman–Crippen LogP) is 5.62. The van der Waals surface area contributed by atoms with Crippen LogP contribution in [0.4, 0.5) is 21.9 Å². The molecule has 0 saturated carbocycles. The van der Waals surface area contributed by atoms with E-state index >= 15 is 0 Å². The molecule has 2 aliphatic rings. The van der Waals surface area contributed by atoms with Crippen LogP contribution in [0.25, 0.3) is 5.57 Å². The number of carbonyl (C=O) groups is 3. The molecular formula is C27H30ClN3O5. The molecule has 1 atom stereocenters. The number of amides is 2. The van der Waals surface area contributed by atoms with E-state index in [1.165, 1.54) is 0 Å². The lowest BCUT2D eigenvalue weighted by Gasteiger charge is -2.29. The van der Waals surface area contributed by atoms with Gasteiger partial charge in [-0.15, -0.1) is 0 Å². The fraction of sp³-hybridized carbons (Fsp3) is 0.370. The Morgan fingerprint density at radius 2 is 1.86 bits per heavy atom. The molecule has 0 bridgehead atoms. The Bertz CT molecular complexity index is 1220. The van der Waals surface area contributed by atoms with Gasteiger partial charge in [-0.05, 0) is 76.1 Å². The number of halogens is 1. The van der Waals surface area contributed by atoms with Gasteiger partial charge < -0.3 is 19.7 Å². The van der Waals surface area contributed by atoms with E-state index in [1.807, 2.05) is 6.07 Å². The summed E-state index contributed by atoms with van der Waals surface area (Å²) in [6.45, 7) is 7.94. The van der Waals surface area contributed by atoms with E-state index in [0.29, 0.717) is 41.4 Å². The summed E-state index contributed by atoms with van der Waals surface area (Å²) in [7, 11) is 0. The van der Waals surface area contributed by atoms with Gasteiger partial charge in [0.05, 0.1) is 6.61 Å². The highest BCUT2D eigenvalue weighted by atomic mass is 35.5. The summed E-state index contributed by atoms with van der Waals surface area (Å²) in [5, 5.41) is 6.44. The minimum atomic E-state index is -0.599. The number of esters is 1. The fourth-order valence-electron chi connectivity index (χ4n) is 4.39. The van der Waals surface area contributed by atoms with Crippen LogP contribution in [0, 0.1) is 0 Å². The number of nitrogens with zero attached hydrogens (tertiary/aromatic N) is 1. The molecule has 9 heteroatoms. The number of carbonyl (C=O) groups excluding carboxylic acids is 3. The zero-order chi connectivity index (χ0) is 26.0. The summed E-state index contributed by atoms with van der Waals surface area (Å²) in [6.07, 6.45) is 0.352. The van der Waals surface area contributed by atoms with Crippen molar-refractivity contribution in [2.45, 2.75) is 52.2 Å². The molecule has 2 aromatic carbocycles. The highest BCUT2D eigenvalue weighted by Crippen LogP contribution is 2.40. The standard InChI is InChI=1S/C27H30ClN3O5/c1-5-35-25(33)23-15-21(19-11-6-16(28)14-22(19)30-23)20-12-13-31(24(20)32)18-9-7-17(8-10-18)29-26(34)36-27(2,3)4/h6-11,14,23,30H,5,12-13,15H2,1-4H3,(H,29,34)/b21-20+. The summed E-state index contributed by atoms with van der Waals surface area (Å²) in [5.41, 5.74) is 3.76. The van der Waals surface area contributed by atoms with Gasteiger partial charge in [0, 0.05) is 46.2 Å². The van der Waals surface area contributed by atoms with Crippen LogP contribution in [-0.2, 0) is 19.1 Å². The van der Waals surface area contributed by atoms with Crippen LogP contribution in [0.3, 0.4) is 0 Å². The molecule has 8 nitrogen and oxygen atoms in total. The third-order valence-electron chi connectivity index (χ3n) is 5.89. The fourth-order valence-corrected chi connectivity index (χ4v) is 4.56. The maximum atomic E-state index is 13.5. The van der Waals surface area contributed by atoms with Crippen LogP contribution in [0.1, 0.15) is 46.1 Å². The smallest absolute Gasteiger partial charge is 0.412 e. The summed E-state index contributed by atoms with van der Waals surface area (Å²) in [6, 6.07) is 11.9. The van der Waals surface area contributed by atoms with Crippen molar-refractivity contribution in [2.24, 2.45) is 0 Å². The van der Waals surface area contributed by atoms with Gasteiger partial charge in [-0.2, -0.15) is 0 Å². The predicted molar refractivity (Wildman–Crippen MR) is 140 cm³/mol. The second kappa shape index (κ2) is 10.2. The van der Waals surface area contributed by atoms with E-state index < -0.39 is 17.7 Å². The van der Waals surface area contributed by atoms with Gasteiger partial charge in [-0.1, -0.05) is 17.7 Å². The molecular weight excluding hydrogens is 482 g/mol. The third kappa shape index (κ3) is 5.65. The number of nitrogens with one attached hydrogen (secondary N) is 2. The molecule has 36 heavy (non-hydrogen) atoms. The number of fused-ring (bicyclic) bond motifs is 1. The molecule has 4 rings (SSSR count). The monoisotopic (exact) mass is 511 g/mol. The Morgan fingerprint density at radius 1 is 1.14 bits per heavy atom. The first-order valence-electron chi connectivity index (χ1n) is 11.9. The topological polar surface area (TPSA) is 97.0 Å². The average molecular weight is 512 g/mol. The molecule has 2 N–H and O–H groups in total. The first-order chi connectivity index (χ1) is 17.1. The zero-order valence-corrected chi connectivity index (χ0v) is 21.6. The number of hydrogen-bond donors (Lipinski definition) is 2. The highest BCUT2D eigenvalue weighted by molar-refractivity contribution is 6.31. The molecule has 2 aliphatic heterocycles. The first kappa shape index (κ1) is 25.6. The van der Waals surface area contributed by atoms with Gasteiger partial charge in [0.25, 0.3) is 5.91 Å². The normalized spacial score (nSPS) is 19.4. The SMILES string of the molecule is CCOC(=O)C1C/C(=C2/CCN(c3ccc(NC(=O)OC(C)(C)C)cc3)C2=O)c2ccc(Cl)cc2N1. The van der Waals surface area contributed by atoms with Crippen LogP contribution >= 0.6 is 11.6 Å². The van der Waals surface area contributed by atoms with E-state index in [1.54, 1.807) is 69.0 Å². The number of rotatable bonds is 4. The van der Waals surface area contributed by atoms with Crippen molar-refractivity contribution >= 4 is 52.2 Å². The molecule has 0 spiro atoms. The van der Waals surface area contributed by atoms with Crippen LogP contribution in [-0.4, -0.2) is 42.8 Å². The summed E-state index contributed by atoms with van der Waals surface area (Å²) < 4.78 is 10.5. The molecule has 1 fully saturated rings. The van der Waals surface area contributed by atoms with Gasteiger partial charge in [-0.25, -0.2) is 9.59 Å². The van der Waals surface area contributed by atoms with Crippen LogP contribution in [0.5, 0.6) is 0 Å². The minimum absolute atomic E-state index is 0.108. The van der Waals surface area contributed by atoms with Gasteiger partial charge in [-0.3, -0.25) is 10.1 Å². The van der Waals surface area contributed by atoms with Crippen molar-refractivity contribution in [2.75, 3.05) is 28.7 Å². The highest BCUT2D eigenvalue weighted by Gasteiger charge is 2.35. The molecule has 2 amide bonds. The van der Waals surface area contributed by atoms with E-state index in [9.17, 15) is 14.4 Å². The van der Waals surface area contributed by atoms with Gasteiger partial charge >= 0.3 is 12.1 Å². The molecule has 2 heterocycles. The van der Waals surface area contributed by atoms with Crippen molar-refractivity contribution in [1.29, 1.82) is 0 Å². The Hall–Kier alpha value is -3.52. The quantitative estimate of drug-likeness (QED) is 0.408. The van der Waals surface area contributed by atoms with Gasteiger partial charge in [0.2, 0.25) is 0 Å². The molecule has 1 unspecified atom stereocenters. The summed E-state index contributed by atoms with van der Waals surface area (Å²) in [5.74, 6) is -0.472. The van der Waals surface area contributed by atoms with E-state index in [0.717, 1.165) is 16.8 Å². The maximum Gasteiger partial charge on any atom is 0.412 e. The largest absolute Gasteiger partial charge is 0.464 e. The second-order valence-electron chi connectivity index (χ2n) is 9.68. The van der Waals surface area contributed by atoms with Gasteiger partial charge in [0.1, 0.15) is 11.6 Å². The Labute approximate surface area is 215 Å². The minimum Gasteiger partial charge on any atom is -0.464 e. The number of hydrogen-bond acceptors (Lipinski definition) is 6. The van der Waals surface area contributed by atoms with Crippen molar-refractivity contribution in [3.05, 3.63) is 58.6 Å². The molecule has 0 aliphatic carbocycles. The third-order valence-corrected chi connectivity index (χ3v) is 6.13. The van der Waals surface area contributed by atoms with Gasteiger partial charge in [0.15, 0.2) is 0 Å². The van der Waals surface area contributed by atoms with Crippen molar-refractivity contribution in [3.63, 3.8) is 0 Å². The molecule has 2 aromatic rings. The average Bonchev–Trinajstić information content (AvgIpc) is 3.18. The molecule has 0 aromatic heterocycles. The summed E-state index contributed by atoms with van der Waals surface area (Å²) in [4.78, 5) is 39.8. The Kier molecular flexibility index (Phi) is 7.26. The second-order valence-corrected chi connectivity index (χ2v) is 10.1. The van der Waals surface area contributed by atoms with E-state index in [4.69, 9.17) is 21.1 Å². The van der Waals surface area contributed by atoms with E-state index in [-0.39, 0.29) is 18.5 Å². The van der Waals surface area contributed by atoms with Crippen molar-refractivity contribution < 1.29 is 23.9 Å². The summed E-state index contributed by atoms with van der Waals surface area (Å²) >= 11 is 6.20. The maximum absolute atomic E-state index is 13.5. The zero-order valence-electron chi connectivity index (χ0n) is 20.8. The lowest BCUT2D eigenvalue weighted by molar-refractivity contribution is -0.144. The van der Waals surface area contributed by atoms with Crippen LogP contribution in [0.2, 0.25) is 5.02 Å². The number of benzene rings is 2. The van der Waals surface area contributed by atoms with E-state index in [2.05, 4.69) is 10.6 Å². The van der Waals surface area contributed by atoms with Crippen molar-refractivity contribution in [1.82, 2.24) is 0 Å². The van der Waals surface area contributed by atoms with Crippen molar-refractivity contribution in [3.8, 4) is 0 Å². The number of ether oxygens (including phenoxy) is 2. The molecule has 0 radical (unpaired) electrons. The molecule has 190 valence electrons. The Balaban J connectivity index is 1.57. The van der Waals surface area contributed by atoms with Crippen LogP contribution < -0.4 is 15.5 Å². The Morgan fingerprint density at radius 3 is 2.53 bits per heavy atom. The molecule has 1 saturated heterocycles. The lowest BCUT2D eigenvalue weighted by atomic mass is 9.88. The lowest BCUT2D eigenvalue weighted by Crippen LogP contribution is -2.35.